The quantitative estimate of drug-likeness (QED) is 0.660. The maximum absolute atomic E-state index is 11.5. The van der Waals surface area contributed by atoms with Gasteiger partial charge in [-0.15, -0.1) is 0 Å². The van der Waals surface area contributed by atoms with E-state index in [-0.39, 0.29) is 17.7 Å². The normalized spacial score (nSPS) is 22.0. The summed E-state index contributed by atoms with van der Waals surface area (Å²) in [5.41, 5.74) is 0. The van der Waals surface area contributed by atoms with Crippen molar-refractivity contribution in [2.75, 3.05) is 20.1 Å². The summed E-state index contributed by atoms with van der Waals surface area (Å²) < 4.78 is 0. The monoisotopic (exact) mass is 184 g/mol. The van der Waals surface area contributed by atoms with Crippen LogP contribution in [0.15, 0.2) is 0 Å². The fourth-order valence-corrected chi connectivity index (χ4v) is 1.74. The fraction of sp³-hybridized carbons (Fsp3) is 0.778. The van der Waals surface area contributed by atoms with E-state index in [4.69, 9.17) is 0 Å². The molecular weight excluding hydrogens is 168 g/mol. The Labute approximate surface area is 78.3 Å². The third-order valence-corrected chi connectivity index (χ3v) is 2.37. The van der Waals surface area contributed by atoms with Crippen molar-refractivity contribution in [1.29, 1.82) is 0 Å². The molecule has 0 saturated carbocycles. The highest BCUT2D eigenvalue weighted by molar-refractivity contribution is 5.88. The summed E-state index contributed by atoms with van der Waals surface area (Å²) in [5.74, 6) is 0.127. The number of likely N-dealkylation sites (N-methyl/N-ethyl adjacent to an activating group) is 1. The molecule has 0 aliphatic carbocycles. The fourth-order valence-electron chi connectivity index (χ4n) is 1.74. The summed E-state index contributed by atoms with van der Waals surface area (Å²) >= 11 is 0. The van der Waals surface area contributed by atoms with E-state index >= 15 is 0 Å². The van der Waals surface area contributed by atoms with Crippen LogP contribution in [0.3, 0.4) is 0 Å². The minimum atomic E-state index is -0.166. The number of nitrogens with one attached hydrogen (secondary N) is 1. The van der Waals surface area contributed by atoms with Gasteiger partial charge in [0.1, 0.15) is 0 Å². The van der Waals surface area contributed by atoms with Crippen LogP contribution in [0.25, 0.3) is 0 Å². The molecule has 0 bridgehead atoms. The second-order valence-electron chi connectivity index (χ2n) is 3.39. The summed E-state index contributed by atoms with van der Waals surface area (Å²) in [5, 5.41) is 2.80. The number of hydrogen-bond donors (Lipinski definition) is 1. The van der Waals surface area contributed by atoms with Crippen LogP contribution < -0.4 is 5.32 Å². The van der Waals surface area contributed by atoms with Crippen molar-refractivity contribution < 1.29 is 9.59 Å². The minimum absolute atomic E-state index is 0.0280. The van der Waals surface area contributed by atoms with Crippen molar-refractivity contribution in [2.45, 2.75) is 25.8 Å². The highest BCUT2D eigenvalue weighted by atomic mass is 16.2. The molecule has 0 aromatic rings. The maximum atomic E-state index is 11.5. The lowest BCUT2D eigenvalue weighted by Gasteiger charge is -2.22. The van der Waals surface area contributed by atoms with Crippen LogP contribution in [-0.4, -0.2) is 42.8 Å². The van der Waals surface area contributed by atoms with Gasteiger partial charge in [-0.2, -0.15) is 0 Å². The van der Waals surface area contributed by atoms with E-state index < -0.39 is 0 Å². The van der Waals surface area contributed by atoms with Crippen molar-refractivity contribution >= 4 is 11.7 Å². The smallest absolute Gasteiger partial charge is 0.237 e. The topological polar surface area (TPSA) is 49.4 Å². The molecule has 4 heteroatoms. The summed E-state index contributed by atoms with van der Waals surface area (Å²) in [4.78, 5) is 24.3. The van der Waals surface area contributed by atoms with Crippen LogP contribution in [0.4, 0.5) is 0 Å². The number of rotatable bonds is 3. The third kappa shape index (κ3) is 2.28. The van der Waals surface area contributed by atoms with Gasteiger partial charge in [0.25, 0.3) is 0 Å². The molecule has 0 spiro atoms. The van der Waals surface area contributed by atoms with Crippen LogP contribution >= 0.6 is 0 Å². The number of nitrogens with zero attached hydrogens (tertiary/aromatic N) is 1. The second kappa shape index (κ2) is 4.37. The zero-order valence-electron chi connectivity index (χ0n) is 8.17. The predicted octanol–water partition coefficient (Wildman–Crippen LogP) is -0.214. The second-order valence-corrected chi connectivity index (χ2v) is 3.39. The molecule has 1 saturated heterocycles. The molecule has 74 valence electrons. The van der Waals surface area contributed by atoms with Crippen molar-refractivity contribution in [3.8, 4) is 0 Å². The number of hydrogen-bond acceptors (Lipinski definition) is 3. The van der Waals surface area contributed by atoms with E-state index in [1.165, 1.54) is 0 Å². The van der Waals surface area contributed by atoms with Crippen molar-refractivity contribution in [3.63, 3.8) is 0 Å². The lowest BCUT2D eigenvalue weighted by molar-refractivity contribution is -0.136. The average Bonchev–Trinajstić information content (AvgIpc) is 2.52. The summed E-state index contributed by atoms with van der Waals surface area (Å²) in [6.45, 7) is 2.60. The molecule has 1 atom stereocenters. The van der Waals surface area contributed by atoms with Gasteiger partial charge in [0, 0.05) is 6.54 Å². The first kappa shape index (κ1) is 10.2. The van der Waals surface area contributed by atoms with Gasteiger partial charge in [0.2, 0.25) is 5.91 Å². The molecule has 1 heterocycles. The van der Waals surface area contributed by atoms with E-state index in [1.807, 2.05) is 0 Å². The van der Waals surface area contributed by atoms with E-state index in [1.54, 1.807) is 18.9 Å². The lowest BCUT2D eigenvalue weighted by atomic mass is 10.1. The van der Waals surface area contributed by atoms with Crippen LogP contribution in [0.2, 0.25) is 0 Å². The SMILES string of the molecule is CNCC(=O)N1CCCC1C(C)=O. The average molecular weight is 184 g/mol. The predicted molar refractivity (Wildman–Crippen MR) is 49.3 cm³/mol. The molecule has 13 heavy (non-hydrogen) atoms. The largest absolute Gasteiger partial charge is 0.332 e. The van der Waals surface area contributed by atoms with Crippen LogP contribution in [0.5, 0.6) is 0 Å². The van der Waals surface area contributed by atoms with Gasteiger partial charge in [-0.05, 0) is 26.8 Å². The molecule has 1 aliphatic rings. The molecule has 1 unspecified atom stereocenters. The van der Waals surface area contributed by atoms with E-state index in [0.717, 1.165) is 19.4 Å². The molecule has 1 aliphatic heterocycles. The summed E-state index contributed by atoms with van der Waals surface area (Å²) in [6.07, 6.45) is 1.77. The van der Waals surface area contributed by atoms with Gasteiger partial charge in [0.05, 0.1) is 12.6 Å². The molecule has 1 fully saturated rings. The number of ketones is 1. The number of Topliss-reactive ketones (excluding diaryl/α,β-unsaturated/α-hetero) is 1. The van der Waals surface area contributed by atoms with Gasteiger partial charge in [-0.25, -0.2) is 0 Å². The maximum Gasteiger partial charge on any atom is 0.237 e. The van der Waals surface area contributed by atoms with E-state index in [2.05, 4.69) is 5.32 Å². The Bertz CT molecular complexity index is 216. The molecule has 0 aromatic carbocycles. The first-order valence-electron chi connectivity index (χ1n) is 4.61. The van der Waals surface area contributed by atoms with Crippen LogP contribution in [0, 0.1) is 0 Å². The Morgan fingerprint density at radius 3 is 2.77 bits per heavy atom. The molecule has 4 nitrogen and oxygen atoms in total. The van der Waals surface area contributed by atoms with Gasteiger partial charge >= 0.3 is 0 Å². The van der Waals surface area contributed by atoms with Crippen molar-refractivity contribution in [3.05, 3.63) is 0 Å². The van der Waals surface area contributed by atoms with Crippen LogP contribution in [-0.2, 0) is 9.59 Å². The highest BCUT2D eigenvalue weighted by Crippen LogP contribution is 2.17. The zero-order valence-corrected chi connectivity index (χ0v) is 8.17. The van der Waals surface area contributed by atoms with E-state index in [0.29, 0.717) is 6.54 Å². The van der Waals surface area contributed by atoms with Crippen LogP contribution in [0.1, 0.15) is 19.8 Å². The van der Waals surface area contributed by atoms with Gasteiger partial charge in [-0.1, -0.05) is 0 Å². The lowest BCUT2D eigenvalue weighted by Crippen LogP contribution is -2.43. The summed E-state index contributed by atoms with van der Waals surface area (Å²) in [6, 6.07) is -0.166. The minimum Gasteiger partial charge on any atom is -0.332 e. The first-order valence-corrected chi connectivity index (χ1v) is 4.61. The Morgan fingerprint density at radius 2 is 2.23 bits per heavy atom. The summed E-state index contributed by atoms with van der Waals surface area (Å²) in [7, 11) is 1.73. The van der Waals surface area contributed by atoms with Gasteiger partial charge < -0.3 is 10.2 Å². The Morgan fingerprint density at radius 1 is 1.54 bits per heavy atom. The third-order valence-electron chi connectivity index (χ3n) is 2.37. The zero-order chi connectivity index (χ0) is 9.84. The highest BCUT2D eigenvalue weighted by Gasteiger charge is 2.30. The molecular formula is C9H16N2O2. The van der Waals surface area contributed by atoms with Gasteiger partial charge in [-0.3, -0.25) is 9.59 Å². The number of carbonyl (C=O) groups is 2. The molecule has 1 rings (SSSR count). The molecule has 0 radical (unpaired) electrons. The van der Waals surface area contributed by atoms with E-state index in [9.17, 15) is 9.59 Å². The Kier molecular flexibility index (Phi) is 3.42. The first-order chi connectivity index (χ1) is 6.16. The van der Waals surface area contributed by atoms with Crippen molar-refractivity contribution in [1.82, 2.24) is 10.2 Å². The molecule has 1 amide bonds. The molecule has 0 aromatic heterocycles. The van der Waals surface area contributed by atoms with Crippen molar-refractivity contribution in [2.24, 2.45) is 0 Å². The number of likely N-dealkylation sites (tertiary alicyclic amines) is 1. The Balaban J connectivity index is 2.57. The number of carbonyl (C=O) groups excluding carboxylic acids is 2. The Hall–Kier alpha value is -0.900. The standard InChI is InChI=1S/C9H16N2O2/c1-7(12)8-4-3-5-11(8)9(13)6-10-2/h8,10H,3-6H2,1-2H3. The van der Waals surface area contributed by atoms with Gasteiger partial charge in [0.15, 0.2) is 5.78 Å². The number of amides is 1. The molecule has 1 N–H and O–H groups in total.